The largest absolute Gasteiger partial charge is 0.396 e. The standard InChI is InChI=1S/C14H13FO/c15-14-10-8-13(9-11-14)7-5-3-1-2-4-6-12-16/h8-11,16H,2,4,6,12H2. The van der Waals surface area contributed by atoms with Crippen molar-refractivity contribution in [1.29, 1.82) is 0 Å². The van der Waals surface area contributed by atoms with Crippen molar-refractivity contribution in [2.24, 2.45) is 0 Å². The van der Waals surface area contributed by atoms with Crippen LogP contribution in [-0.2, 0) is 0 Å². The van der Waals surface area contributed by atoms with E-state index in [1.165, 1.54) is 12.1 Å². The Hall–Kier alpha value is -1.77. The molecule has 0 saturated heterocycles. The van der Waals surface area contributed by atoms with Gasteiger partial charge in [-0.25, -0.2) is 4.39 Å². The van der Waals surface area contributed by atoms with Crippen molar-refractivity contribution in [1.82, 2.24) is 0 Å². The average Bonchev–Trinajstić information content (AvgIpc) is 2.30. The van der Waals surface area contributed by atoms with Crippen LogP contribution in [0.1, 0.15) is 24.8 Å². The third kappa shape index (κ3) is 5.20. The smallest absolute Gasteiger partial charge is 0.123 e. The molecule has 0 unspecified atom stereocenters. The van der Waals surface area contributed by atoms with Crippen molar-refractivity contribution in [3.05, 3.63) is 35.6 Å². The molecule has 0 saturated carbocycles. The summed E-state index contributed by atoms with van der Waals surface area (Å²) in [6.45, 7) is 0.211. The van der Waals surface area contributed by atoms with E-state index in [9.17, 15) is 4.39 Å². The zero-order valence-corrected chi connectivity index (χ0v) is 8.96. The minimum atomic E-state index is -0.263. The molecule has 0 amide bonds. The molecule has 0 aliphatic carbocycles. The number of benzene rings is 1. The number of hydrogen-bond acceptors (Lipinski definition) is 1. The first-order chi connectivity index (χ1) is 7.83. The molecule has 0 aromatic heterocycles. The predicted molar refractivity (Wildman–Crippen MR) is 62.0 cm³/mol. The van der Waals surface area contributed by atoms with Crippen LogP contribution in [0.5, 0.6) is 0 Å². The van der Waals surface area contributed by atoms with E-state index in [4.69, 9.17) is 5.11 Å². The monoisotopic (exact) mass is 216 g/mol. The molecule has 0 aliphatic heterocycles. The second kappa shape index (κ2) is 7.51. The summed E-state index contributed by atoms with van der Waals surface area (Å²) in [6.07, 6.45) is 2.42. The van der Waals surface area contributed by atoms with E-state index in [0.717, 1.165) is 24.8 Å². The van der Waals surface area contributed by atoms with Gasteiger partial charge in [0.1, 0.15) is 5.82 Å². The number of halogens is 1. The first kappa shape index (κ1) is 12.3. The fraction of sp³-hybridized carbons (Fsp3) is 0.286. The summed E-state index contributed by atoms with van der Waals surface area (Å²) < 4.78 is 12.6. The van der Waals surface area contributed by atoms with Crippen molar-refractivity contribution in [2.45, 2.75) is 19.3 Å². The average molecular weight is 216 g/mol. The van der Waals surface area contributed by atoms with E-state index in [1.54, 1.807) is 12.1 Å². The van der Waals surface area contributed by atoms with Crippen LogP contribution in [0.15, 0.2) is 24.3 Å². The summed E-state index contributed by atoms with van der Waals surface area (Å²) in [5.74, 6) is 10.9. The number of aliphatic hydroxyl groups excluding tert-OH is 1. The van der Waals surface area contributed by atoms with Crippen LogP contribution in [-0.4, -0.2) is 11.7 Å². The van der Waals surface area contributed by atoms with Crippen molar-refractivity contribution in [2.75, 3.05) is 6.61 Å². The second-order valence-corrected chi connectivity index (χ2v) is 3.24. The lowest BCUT2D eigenvalue weighted by Crippen LogP contribution is -1.80. The lowest BCUT2D eigenvalue weighted by Gasteiger charge is -1.87. The fourth-order valence-electron chi connectivity index (χ4n) is 1.07. The third-order valence-electron chi connectivity index (χ3n) is 1.91. The molecule has 0 atom stereocenters. The summed E-state index contributed by atoms with van der Waals surface area (Å²) in [7, 11) is 0. The molecular formula is C14H13FO. The summed E-state index contributed by atoms with van der Waals surface area (Å²) in [5.41, 5.74) is 0.756. The Morgan fingerprint density at radius 2 is 1.81 bits per heavy atom. The highest BCUT2D eigenvalue weighted by Crippen LogP contribution is 2.00. The number of rotatable bonds is 3. The van der Waals surface area contributed by atoms with Crippen LogP contribution in [0.4, 0.5) is 4.39 Å². The van der Waals surface area contributed by atoms with Gasteiger partial charge < -0.3 is 5.11 Å². The Kier molecular flexibility index (Phi) is 5.78. The molecule has 1 nitrogen and oxygen atoms in total. The van der Waals surface area contributed by atoms with Gasteiger partial charge in [0.25, 0.3) is 0 Å². The first-order valence-electron chi connectivity index (χ1n) is 5.18. The summed E-state index contributed by atoms with van der Waals surface area (Å²) in [5, 5.41) is 8.53. The van der Waals surface area contributed by atoms with Gasteiger partial charge >= 0.3 is 0 Å². The quantitative estimate of drug-likeness (QED) is 0.607. The van der Waals surface area contributed by atoms with Crippen LogP contribution in [0.2, 0.25) is 0 Å². The van der Waals surface area contributed by atoms with Gasteiger partial charge in [-0.3, -0.25) is 0 Å². The van der Waals surface area contributed by atoms with E-state index in [1.807, 2.05) is 0 Å². The molecule has 1 aromatic carbocycles. The van der Waals surface area contributed by atoms with Crippen molar-refractivity contribution in [3.63, 3.8) is 0 Å². The molecule has 0 heterocycles. The number of unbranched alkanes of at least 4 members (excludes halogenated alkanes) is 2. The normalized spacial score (nSPS) is 8.62. The molecule has 0 fully saturated rings. The van der Waals surface area contributed by atoms with E-state index < -0.39 is 0 Å². The van der Waals surface area contributed by atoms with Gasteiger partial charge in [-0.05, 0) is 48.9 Å². The van der Waals surface area contributed by atoms with Crippen LogP contribution in [0.3, 0.4) is 0 Å². The molecule has 1 aromatic rings. The first-order valence-corrected chi connectivity index (χ1v) is 5.18. The molecule has 1 rings (SSSR count). The Balaban J connectivity index is 2.39. The molecule has 2 heteroatoms. The molecule has 0 bridgehead atoms. The Morgan fingerprint density at radius 1 is 1.06 bits per heavy atom. The Labute approximate surface area is 95.3 Å². The van der Waals surface area contributed by atoms with E-state index >= 15 is 0 Å². The van der Waals surface area contributed by atoms with E-state index in [-0.39, 0.29) is 12.4 Å². The minimum absolute atomic E-state index is 0.211. The lowest BCUT2D eigenvalue weighted by atomic mass is 10.2. The molecule has 0 aliphatic rings. The highest BCUT2D eigenvalue weighted by Gasteiger charge is 1.87. The zero-order valence-electron chi connectivity index (χ0n) is 8.96. The van der Waals surface area contributed by atoms with Gasteiger partial charge in [-0.1, -0.05) is 11.8 Å². The molecule has 82 valence electrons. The summed E-state index contributed by atoms with van der Waals surface area (Å²) in [4.78, 5) is 0. The maximum absolute atomic E-state index is 12.6. The van der Waals surface area contributed by atoms with E-state index in [2.05, 4.69) is 23.7 Å². The summed E-state index contributed by atoms with van der Waals surface area (Å²) >= 11 is 0. The van der Waals surface area contributed by atoms with Crippen LogP contribution in [0.25, 0.3) is 0 Å². The lowest BCUT2D eigenvalue weighted by molar-refractivity contribution is 0.285. The molecular weight excluding hydrogens is 203 g/mol. The summed E-state index contributed by atoms with van der Waals surface area (Å²) in [6, 6.07) is 5.99. The molecule has 0 spiro atoms. The molecule has 1 N–H and O–H groups in total. The Bertz CT molecular complexity index is 426. The Morgan fingerprint density at radius 3 is 2.50 bits per heavy atom. The number of hydrogen-bond donors (Lipinski definition) is 1. The van der Waals surface area contributed by atoms with Gasteiger partial charge in [-0.2, -0.15) is 0 Å². The van der Waals surface area contributed by atoms with Crippen molar-refractivity contribution >= 4 is 0 Å². The second-order valence-electron chi connectivity index (χ2n) is 3.24. The van der Waals surface area contributed by atoms with Crippen LogP contribution < -0.4 is 0 Å². The number of aliphatic hydroxyl groups is 1. The SMILES string of the molecule is OCCCCC#CC#Cc1ccc(F)cc1. The third-order valence-corrected chi connectivity index (χ3v) is 1.91. The van der Waals surface area contributed by atoms with Gasteiger partial charge in [0.05, 0.1) is 0 Å². The van der Waals surface area contributed by atoms with Crippen LogP contribution in [0, 0.1) is 29.5 Å². The van der Waals surface area contributed by atoms with Crippen molar-refractivity contribution in [3.8, 4) is 23.7 Å². The van der Waals surface area contributed by atoms with Gasteiger partial charge in [-0.15, -0.1) is 0 Å². The van der Waals surface area contributed by atoms with Gasteiger partial charge in [0, 0.05) is 18.6 Å². The van der Waals surface area contributed by atoms with E-state index in [0.29, 0.717) is 0 Å². The predicted octanol–water partition coefficient (Wildman–Crippen LogP) is 2.34. The highest BCUT2D eigenvalue weighted by atomic mass is 19.1. The van der Waals surface area contributed by atoms with Crippen LogP contribution >= 0.6 is 0 Å². The van der Waals surface area contributed by atoms with Gasteiger partial charge in [0.15, 0.2) is 0 Å². The molecule has 0 radical (unpaired) electrons. The van der Waals surface area contributed by atoms with Crippen molar-refractivity contribution < 1.29 is 9.50 Å². The highest BCUT2D eigenvalue weighted by molar-refractivity contribution is 5.39. The minimum Gasteiger partial charge on any atom is -0.396 e. The van der Waals surface area contributed by atoms with Gasteiger partial charge in [0.2, 0.25) is 0 Å². The molecule has 16 heavy (non-hydrogen) atoms. The maximum Gasteiger partial charge on any atom is 0.123 e. The maximum atomic E-state index is 12.6. The fourth-order valence-corrected chi connectivity index (χ4v) is 1.07. The zero-order chi connectivity index (χ0) is 11.6. The topological polar surface area (TPSA) is 20.2 Å².